The number of fused-ring (bicyclic) bond motifs is 1. The van der Waals surface area contributed by atoms with E-state index >= 15 is 0 Å². The maximum Gasteiger partial charge on any atom is 0.269 e. The summed E-state index contributed by atoms with van der Waals surface area (Å²) in [5.74, 6) is 0.434. The van der Waals surface area contributed by atoms with Gasteiger partial charge in [-0.15, -0.1) is 0 Å². The first-order valence-corrected chi connectivity index (χ1v) is 6.92. The normalized spacial score (nSPS) is 16.7. The highest BCUT2D eigenvalue weighted by atomic mass is 16.1. The molecule has 1 aliphatic rings. The number of rotatable bonds is 5. The minimum atomic E-state index is -0.0167. The number of hydrogen-bond acceptors (Lipinski definition) is 3. The van der Waals surface area contributed by atoms with Gasteiger partial charge in [0.25, 0.3) is 5.56 Å². The van der Waals surface area contributed by atoms with Crippen LogP contribution in [-0.2, 0) is 6.54 Å². The standard InChI is InChI=1S/C15H19N3O/c1-11(8-16-12-6-7-12)10-18-14-5-3-2-4-13(14)17-9-15(18)19/h2-5,9,11-12,16H,6-8,10H2,1H3. The molecule has 1 aromatic heterocycles. The fourth-order valence-corrected chi connectivity index (χ4v) is 2.33. The van der Waals surface area contributed by atoms with Crippen molar-refractivity contribution < 1.29 is 0 Å². The van der Waals surface area contributed by atoms with Crippen LogP contribution < -0.4 is 10.9 Å². The summed E-state index contributed by atoms with van der Waals surface area (Å²) in [6, 6.07) is 8.52. The Labute approximate surface area is 112 Å². The molecule has 4 heteroatoms. The second kappa shape index (κ2) is 5.13. The van der Waals surface area contributed by atoms with Gasteiger partial charge in [0.2, 0.25) is 0 Å². The van der Waals surface area contributed by atoms with Gasteiger partial charge in [-0.05, 0) is 37.4 Å². The Bertz CT molecular complexity index is 631. The Hall–Kier alpha value is -1.68. The summed E-state index contributed by atoms with van der Waals surface area (Å²) in [7, 11) is 0. The highest BCUT2D eigenvalue weighted by Crippen LogP contribution is 2.19. The van der Waals surface area contributed by atoms with Gasteiger partial charge in [0.15, 0.2) is 0 Å². The molecule has 1 saturated carbocycles. The molecule has 1 aliphatic carbocycles. The molecule has 0 spiro atoms. The van der Waals surface area contributed by atoms with E-state index in [1.54, 1.807) is 0 Å². The average molecular weight is 257 g/mol. The van der Waals surface area contributed by atoms with Crippen molar-refractivity contribution in [3.63, 3.8) is 0 Å². The van der Waals surface area contributed by atoms with Gasteiger partial charge >= 0.3 is 0 Å². The van der Waals surface area contributed by atoms with Gasteiger partial charge in [-0.1, -0.05) is 19.1 Å². The fraction of sp³-hybridized carbons (Fsp3) is 0.467. The van der Waals surface area contributed by atoms with Gasteiger partial charge < -0.3 is 9.88 Å². The molecule has 1 heterocycles. The summed E-state index contributed by atoms with van der Waals surface area (Å²) in [5.41, 5.74) is 1.79. The molecule has 0 bridgehead atoms. The Morgan fingerprint density at radius 2 is 2.21 bits per heavy atom. The van der Waals surface area contributed by atoms with Crippen molar-refractivity contribution in [1.82, 2.24) is 14.9 Å². The molecule has 1 N–H and O–H groups in total. The molecule has 0 saturated heterocycles. The van der Waals surface area contributed by atoms with Crippen molar-refractivity contribution in [2.75, 3.05) is 6.54 Å². The second-order valence-corrected chi connectivity index (χ2v) is 5.48. The highest BCUT2D eigenvalue weighted by Gasteiger charge is 2.21. The quantitative estimate of drug-likeness (QED) is 0.888. The molecule has 0 amide bonds. The van der Waals surface area contributed by atoms with Crippen molar-refractivity contribution in [1.29, 1.82) is 0 Å². The second-order valence-electron chi connectivity index (χ2n) is 5.48. The molecule has 1 atom stereocenters. The van der Waals surface area contributed by atoms with Crippen LogP contribution in [0.15, 0.2) is 35.3 Å². The van der Waals surface area contributed by atoms with E-state index in [0.29, 0.717) is 12.0 Å². The lowest BCUT2D eigenvalue weighted by atomic mass is 10.1. The number of aromatic nitrogens is 2. The monoisotopic (exact) mass is 257 g/mol. The molecule has 1 aromatic carbocycles. The third-order valence-corrected chi connectivity index (χ3v) is 3.58. The van der Waals surface area contributed by atoms with Crippen molar-refractivity contribution in [2.24, 2.45) is 5.92 Å². The summed E-state index contributed by atoms with van der Waals surface area (Å²) in [5, 5.41) is 3.51. The maximum absolute atomic E-state index is 12.0. The van der Waals surface area contributed by atoms with Crippen LogP contribution in [0.1, 0.15) is 19.8 Å². The molecular formula is C15H19N3O. The fourth-order valence-electron chi connectivity index (χ4n) is 2.33. The Balaban J connectivity index is 1.82. The SMILES string of the molecule is CC(CNC1CC1)Cn1c(=O)cnc2ccccc21. The van der Waals surface area contributed by atoms with E-state index in [-0.39, 0.29) is 5.56 Å². The molecular weight excluding hydrogens is 238 g/mol. The van der Waals surface area contributed by atoms with Crippen LogP contribution in [0.3, 0.4) is 0 Å². The summed E-state index contributed by atoms with van der Waals surface area (Å²) in [6.07, 6.45) is 4.01. The molecule has 3 rings (SSSR count). The van der Waals surface area contributed by atoms with E-state index in [2.05, 4.69) is 17.2 Å². The lowest BCUT2D eigenvalue weighted by Crippen LogP contribution is -2.30. The van der Waals surface area contributed by atoms with Crippen molar-refractivity contribution in [3.8, 4) is 0 Å². The number of hydrogen-bond donors (Lipinski definition) is 1. The maximum atomic E-state index is 12.0. The van der Waals surface area contributed by atoms with E-state index in [0.717, 1.165) is 24.1 Å². The third kappa shape index (κ3) is 2.84. The van der Waals surface area contributed by atoms with Gasteiger partial charge in [-0.25, -0.2) is 4.98 Å². The van der Waals surface area contributed by atoms with Crippen molar-refractivity contribution in [3.05, 3.63) is 40.8 Å². The van der Waals surface area contributed by atoms with Crippen LogP contribution in [-0.4, -0.2) is 22.1 Å². The number of nitrogens with one attached hydrogen (secondary N) is 1. The van der Waals surface area contributed by atoms with E-state index in [4.69, 9.17) is 0 Å². The van der Waals surface area contributed by atoms with E-state index in [1.165, 1.54) is 19.0 Å². The van der Waals surface area contributed by atoms with Crippen LogP contribution in [0.5, 0.6) is 0 Å². The van der Waals surface area contributed by atoms with Crippen LogP contribution in [0.4, 0.5) is 0 Å². The Morgan fingerprint density at radius 3 is 3.00 bits per heavy atom. The minimum Gasteiger partial charge on any atom is -0.314 e. The summed E-state index contributed by atoms with van der Waals surface area (Å²) in [6.45, 7) is 3.88. The number of benzene rings is 1. The predicted octanol–water partition coefficient (Wildman–Crippen LogP) is 1.78. The first-order chi connectivity index (χ1) is 9.24. The average Bonchev–Trinajstić information content (AvgIpc) is 3.24. The topological polar surface area (TPSA) is 46.9 Å². The summed E-state index contributed by atoms with van der Waals surface area (Å²) >= 11 is 0. The van der Waals surface area contributed by atoms with Gasteiger partial charge in [0, 0.05) is 12.6 Å². The zero-order valence-electron chi connectivity index (χ0n) is 11.2. The zero-order chi connectivity index (χ0) is 13.2. The van der Waals surface area contributed by atoms with Gasteiger partial charge in [0.1, 0.15) is 0 Å². The lowest BCUT2D eigenvalue weighted by molar-refractivity contribution is 0.444. The molecule has 4 nitrogen and oxygen atoms in total. The Kier molecular flexibility index (Phi) is 3.34. The van der Waals surface area contributed by atoms with E-state index in [9.17, 15) is 4.79 Å². The third-order valence-electron chi connectivity index (χ3n) is 3.58. The van der Waals surface area contributed by atoms with Gasteiger partial charge in [0.05, 0.1) is 17.2 Å². The van der Waals surface area contributed by atoms with Gasteiger partial charge in [-0.2, -0.15) is 0 Å². The smallest absolute Gasteiger partial charge is 0.269 e. The predicted molar refractivity (Wildman–Crippen MR) is 76.2 cm³/mol. The van der Waals surface area contributed by atoms with E-state index in [1.807, 2.05) is 28.8 Å². The van der Waals surface area contributed by atoms with Crippen LogP contribution in [0.25, 0.3) is 11.0 Å². The zero-order valence-corrected chi connectivity index (χ0v) is 11.2. The number of para-hydroxylation sites is 2. The molecule has 0 aliphatic heterocycles. The first kappa shape index (κ1) is 12.4. The van der Waals surface area contributed by atoms with E-state index < -0.39 is 0 Å². The molecule has 2 aromatic rings. The molecule has 0 radical (unpaired) electrons. The lowest BCUT2D eigenvalue weighted by Gasteiger charge is -2.15. The van der Waals surface area contributed by atoms with Gasteiger partial charge in [-0.3, -0.25) is 4.79 Å². The van der Waals surface area contributed by atoms with Crippen LogP contribution >= 0.6 is 0 Å². The van der Waals surface area contributed by atoms with Crippen LogP contribution in [0, 0.1) is 5.92 Å². The molecule has 100 valence electrons. The first-order valence-electron chi connectivity index (χ1n) is 6.92. The molecule has 1 unspecified atom stereocenters. The summed E-state index contributed by atoms with van der Waals surface area (Å²) < 4.78 is 1.83. The van der Waals surface area contributed by atoms with Crippen molar-refractivity contribution in [2.45, 2.75) is 32.4 Å². The van der Waals surface area contributed by atoms with Crippen molar-refractivity contribution >= 4 is 11.0 Å². The minimum absolute atomic E-state index is 0.0167. The number of nitrogens with zero attached hydrogens (tertiary/aromatic N) is 2. The highest BCUT2D eigenvalue weighted by molar-refractivity contribution is 5.74. The largest absolute Gasteiger partial charge is 0.314 e. The summed E-state index contributed by atoms with van der Waals surface area (Å²) in [4.78, 5) is 16.2. The molecule has 1 fully saturated rings. The molecule has 19 heavy (non-hydrogen) atoms. The Morgan fingerprint density at radius 1 is 1.42 bits per heavy atom. The van der Waals surface area contributed by atoms with Crippen LogP contribution in [0.2, 0.25) is 0 Å².